The van der Waals surface area contributed by atoms with E-state index in [0.29, 0.717) is 5.75 Å². The van der Waals surface area contributed by atoms with E-state index in [1.807, 2.05) is 19.9 Å². The van der Waals surface area contributed by atoms with Gasteiger partial charge in [-0.1, -0.05) is 0 Å². The van der Waals surface area contributed by atoms with Gasteiger partial charge in [0.2, 0.25) is 0 Å². The Morgan fingerprint density at radius 1 is 1.50 bits per heavy atom. The van der Waals surface area contributed by atoms with Crippen LogP contribution in [0.5, 0.6) is 11.5 Å². The van der Waals surface area contributed by atoms with Gasteiger partial charge in [0.1, 0.15) is 0 Å². The molecule has 0 heterocycles. The van der Waals surface area contributed by atoms with Gasteiger partial charge in [-0.25, -0.2) is 0 Å². The van der Waals surface area contributed by atoms with E-state index in [2.05, 4.69) is 0 Å². The molecule has 0 aliphatic rings. The number of hydrogen-bond acceptors (Lipinski definition) is 3. The van der Waals surface area contributed by atoms with E-state index in [1.165, 1.54) is 0 Å². The maximum Gasteiger partial charge on any atom is 0.160 e. The van der Waals surface area contributed by atoms with Gasteiger partial charge in [-0.2, -0.15) is 0 Å². The third-order valence-corrected chi connectivity index (χ3v) is 2.18. The molecule has 0 aliphatic carbocycles. The fourth-order valence-electron chi connectivity index (χ4n) is 1.44. The minimum atomic E-state index is 0.0986. The highest BCUT2D eigenvalue weighted by molar-refractivity contribution is 5.46. The van der Waals surface area contributed by atoms with Gasteiger partial charge in [0.15, 0.2) is 11.5 Å². The van der Waals surface area contributed by atoms with Crippen molar-refractivity contribution in [2.24, 2.45) is 5.73 Å². The molecule has 0 amide bonds. The summed E-state index contributed by atoms with van der Waals surface area (Å²) in [6.45, 7) is 3.93. The molecule has 14 heavy (non-hydrogen) atoms. The Morgan fingerprint density at radius 2 is 2.14 bits per heavy atom. The normalized spacial score (nSPS) is 12.6. The average molecular weight is 195 g/mol. The molecule has 0 aromatic heterocycles. The van der Waals surface area contributed by atoms with Gasteiger partial charge < -0.3 is 15.6 Å². The van der Waals surface area contributed by atoms with Gasteiger partial charge in [0, 0.05) is 6.04 Å². The lowest BCUT2D eigenvalue weighted by Gasteiger charge is -2.11. The average Bonchev–Trinajstić information content (AvgIpc) is 2.10. The standard InChI is InChI=1S/C11H17NO2/c1-7-4-11(14-3)10(13)6-9(7)5-8(2)12/h4,6,8,13H,5,12H2,1-3H3. The molecule has 0 fully saturated rings. The molecular weight excluding hydrogens is 178 g/mol. The van der Waals surface area contributed by atoms with E-state index >= 15 is 0 Å². The molecule has 0 saturated carbocycles. The van der Waals surface area contributed by atoms with Gasteiger partial charge >= 0.3 is 0 Å². The minimum Gasteiger partial charge on any atom is -0.504 e. The summed E-state index contributed by atoms with van der Waals surface area (Å²) >= 11 is 0. The quantitative estimate of drug-likeness (QED) is 0.770. The van der Waals surface area contributed by atoms with E-state index in [1.54, 1.807) is 13.2 Å². The zero-order valence-corrected chi connectivity index (χ0v) is 8.87. The molecule has 1 unspecified atom stereocenters. The number of methoxy groups -OCH3 is 1. The molecule has 0 aliphatic heterocycles. The van der Waals surface area contributed by atoms with Gasteiger partial charge in [0.05, 0.1) is 7.11 Å². The van der Waals surface area contributed by atoms with Crippen LogP contribution in [0.3, 0.4) is 0 Å². The van der Waals surface area contributed by atoms with Crippen molar-refractivity contribution < 1.29 is 9.84 Å². The molecule has 0 bridgehead atoms. The molecule has 3 N–H and O–H groups in total. The highest BCUT2D eigenvalue weighted by atomic mass is 16.5. The summed E-state index contributed by atoms with van der Waals surface area (Å²) in [4.78, 5) is 0. The molecular formula is C11H17NO2. The Bertz CT molecular complexity index is 321. The maximum atomic E-state index is 9.56. The number of phenolic OH excluding ortho intramolecular Hbond substituents is 1. The zero-order chi connectivity index (χ0) is 10.7. The van der Waals surface area contributed by atoms with Crippen molar-refractivity contribution in [3.05, 3.63) is 23.3 Å². The highest BCUT2D eigenvalue weighted by Crippen LogP contribution is 2.29. The molecule has 1 aromatic carbocycles. The molecule has 1 atom stereocenters. The first-order valence-electron chi connectivity index (χ1n) is 4.66. The van der Waals surface area contributed by atoms with Crippen LogP contribution in [0.4, 0.5) is 0 Å². The summed E-state index contributed by atoms with van der Waals surface area (Å²) in [5.41, 5.74) is 7.86. The number of hydrogen-bond donors (Lipinski definition) is 2. The number of nitrogens with two attached hydrogens (primary N) is 1. The second-order valence-corrected chi connectivity index (χ2v) is 3.63. The zero-order valence-electron chi connectivity index (χ0n) is 8.87. The number of phenols is 1. The summed E-state index contributed by atoms with van der Waals surface area (Å²) < 4.78 is 5.00. The van der Waals surface area contributed by atoms with Crippen LogP contribution in [0.1, 0.15) is 18.1 Å². The van der Waals surface area contributed by atoms with Crippen LogP contribution in [-0.4, -0.2) is 18.3 Å². The van der Waals surface area contributed by atoms with E-state index < -0.39 is 0 Å². The Kier molecular flexibility index (Phi) is 3.36. The van der Waals surface area contributed by atoms with Gasteiger partial charge in [0.25, 0.3) is 0 Å². The Labute approximate surface area is 84.5 Å². The second-order valence-electron chi connectivity index (χ2n) is 3.63. The van der Waals surface area contributed by atoms with E-state index in [4.69, 9.17) is 10.5 Å². The van der Waals surface area contributed by atoms with E-state index in [-0.39, 0.29) is 11.8 Å². The summed E-state index contributed by atoms with van der Waals surface area (Å²) in [6.07, 6.45) is 0.767. The summed E-state index contributed by atoms with van der Waals surface area (Å²) in [5, 5.41) is 9.56. The summed E-state index contributed by atoms with van der Waals surface area (Å²) in [6, 6.07) is 3.64. The SMILES string of the molecule is COc1cc(C)c(CC(C)N)cc1O. The molecule has 0 saturated heterocycles. The van der Waals surface area contributed by atoms with E-state index in [9.17, 15) is 5.11 Å². The van der Waals surface area contributed by atoms with Crippen molar-refractivity contribution in [2.45, 2.75) is 26.3 Å². The fraction of sp³-hybridized carbons (Fsp3) is 0.455. The lowest BCUT2D eigenvalue weighted by atomic mass is 10.0. The first-order valence-corrected chi connectivity index (χ1v) is 4.66. The Hall–Kier alpha value is -1.22. The van der Waals surface area contributed by atoms with Crippen molar-refractivity contribution in [1.29, 1.82) is 0 Å². The second kappa shape index (κ2) is 4.33. The van der Waals surface area contributed by atoms with Crippen molar-refractivity contribution >= 4 is 0 Å². The summed E-state index contributed by atoms with van der Waals surface area (Å²) in [5.74, 6) is 0.685. The van der Waals surface area contributed by atoms with Gasteiger partial charge in [-0.05, 0) is 43.5 Å². The maximum absolute atomic E-state index is 9.56. The largest absolute Gasteiger partial charge is 0.504 e. The van der Waals surface area contributed by atoms with E-state index in [0.717, 1.165) is 17.5 Å². The van der Waals surface area contributed by atoms with Crippen LogP contribution in [0.25, 0.3) is 0 Å². The molecule has 3 heteroatoms. The van der Waals surface area contributed by atoms with Crippen molar-refractivity contribution in [3.63, 3.8) is 0 Å². The monoisotopic (exact) mass is 195 g/mol. The van der Waals surface area contributed by atoms with Crippen LogP contribution in [-0.2, 0) is 6.42 Å². The molecule has 0 radical (unpaired) electrons. The van der Waals surface area contributed by atoms with Crippen LogP contribution >= 0.6 is 0 Å². The number of rotatable bonds is 3. The molecule has 1 aromatic rings. The highest BCUT2D eigenvalue weighted by Gasteiger charge is 2.07. The Morgan fingerprint density at radius 3 is 2.64 bits per heavy atom. The first kappa shape index (κ1) is 10.9. The Balaban J connectivity index is 3.02. The molecule has 0 spiro atoms. The summed E-state index contributed by atoms with van der Waals surface area (Å²) in [7, 11) is 1.54. The van der Waals surface area contributed by atoms with Crippen LogP contribution < -0.4 is 10.5 Å². The van der Waals surface area contributed by atoms with Crippen LogP contribution in [0, 0.1) is 6.92 Å². The topological polar surface area (TPSA) is 55.5 Å². The molecule has 78 valence electrons. The fourth-order valence-corrected chi connectivity index (χ4v) is 1.44. The minimum absolute atomic E-state index is 0.0986. The van der Waals surface area contributed by atoms with Gasteiger partial charge in [-0.15, -0.1) is 0 Å². The van der Waals surface area contributed by atoms with Gasteiger partial charge in [-0.3, -0.25) is 0 Å². The van der Waals surface area contributed by atoms with Crippen molar-refractivity contribution in [3.8, 4) is 11.5 Å². The van der Waals surface area contributed by atoms with Crippen molar-refractivity contribution in [2.75, 3.05) is 7.11 Å². The molecule has 3 nitrogen and oxygen atoms in total. The third kappa shape index (κ3) is 2.39. The lowest BCUT2D eigenvalue weighted by Crippen LogP contribution is -2.18. The number of benzene rings is 1. The predicted octanol–water partition coefficient (Wildman–Crippen LogP) is 1.60. The number of aromatic hydroxyl groups is 1. The smallest absolute Gasteiger partial charge is 0.160 e. The molecule has 1 rings (SSSR count). The third-order valence-electron chi connectivity index (χ3n) is 2.18. The van der Waals surface area contributed by atoms with Crippen LogP contribution in [0.2, 0.25) is 0 Å². The van der Waals surface area contributed by atoms with Crippen LogP contribution in [0.15, 0.2) is 12.1 Å². The lowest BCUT2D eigenvalue weighted by molar-refractivity contribution is 0.372. The number of ether oxygens (including phenoxy) is 1. The number of aryl methyl sites for hydroxylation is 1. The first-order chi connectivity index (χ1) is 6.54. The van der Waals surface area contributed by atoms with Crippen molar-refractivity contribution in [1.82, 2.24) is 0 Å². The predicted molar refractivity (Wildman–Crippen MR) is 56.7 cm³/mol.